The first-order chi connectivity index (χ1) is 6.16. The summed E-state index contributed by atoms with van der Waals surface area (Å²) >= 11 is 0.493. The minimum Gasteiger partial charge on any atom is -0.275 e. The zero-order valence-corrected chi connectivity index (χ0v) is 8.23. The highest BCUT2D eigenvalue weighted by atomic mass is 32.2. The summed E-state index contributed by atoms with van der Waals surface area (Å²) in [7, 11) is 0. The first-order valence-corrected chi connectivity index (χ1v) is 5.06. The van der Waals surface area contributed by atoms with Crippen LogP contribution in [-0.2, 0) is 9.59 Å². The Balaban J connectivity index is 2.45. The Morgan fingerprint density at radius 1 is 1.23 bits per heavy atom. The van der Waals surface area contributed by atoms with Crippen molar-refractivity contribution in [2.24, 2.45) is 0 Å². The molecular formula is C8H11NO3S. The van der Waals surface area contributed by atoms with Crippen molar-refractivity contribution in [2.45, 2.75) is 26.2 Å². The largest absolute Gasteiger partial charge is 0.309 e. The van der Waals surface area contributed by atoms with Gasteiger partial charge in [-0.15, -0.1) is 0 Å². The number of imide groups is 1. The molecule has 0 aromatic carbocycles. The van der Waals surface area contributed by atoms with Crippen molar-refractivity contribution in [3.63, 3.8) is 0 Å². The van der Waals surface area contributed by atoms with Crippen molar-refractivity contribution in [1.29, 1.82) is 0 Å². The van der Waals surface area contributed by atoms with E-state index in [9.17, 15) is 14.4 Å². The van der Waals surface area contributed by atoms with Gasteiger partial charge in [0.05, 0.1) is 0 Å². The molecule has 72 valence electrons. The molecule has 0 radical (unpaired) electrons. The monoisotopic (exact) mass is 201 g/mol. The van der Waals surface area contributed by atoms with Crippen LogP contribution < -0.4 is 0 Å². The van der Waals surface area contributed by atoms with Gasteiger partial charge in [-0.25, -0.2) is 0 Å². The molecule has 0 unspecified atom stereocenters. The van der Waals surface area contributed by atoms with Crippen molar-refractivity contribution < 1.29 is 14.4 Å². The van der Waals surface area contributed by atoms with E-state index in [1.54, 1.807) is 0 Å². The molecule has 0 aromatic heterocycles. The first kappa shape index (κ1) is 10.2. The van der Waals surface area contributed by atoms with E-state index in [2.05, 4.69) is 0 Å². The molecule has 5 heteroatoms. The molecule has 0 spiro atoms. The maximum Gasteiger partial charge on any atom is 0.309 e. The molecule has 0 atom stereocenters. The summed E-state index contributed by atoms with van der Waals surface area (Å²) in [5.41, 5.74) is 0. The lowest BCUT2D eigenvalue weighted by atomic mass is 10.2. The lowest BCUT2D eigenvalue weighted by molar-refractivity contribution is -0.137. The standard InChI is InChI=1S/C8H11NO3S/c1-2-3-4-5-9-6(10)7(11)13-8(9)12/h2-5H2,1H3. The third kappa shape index (κ3) is 2.30. The van der Waals surface area contributed by atoms with E-state index in [1.807, 2.05) is 6.92 Å². The van der Waals surface area contributed by atoms with E-state index in [-0.39, 0.29) is 0 Å². The number of amides is 2. The average Bonchev–Trinajstić information content (AvgIpc) is 2.32. The maximum absolute atomic E-state index is 11.0. The Bertz CT molecular complexity index is 252. The molecule has 1 aliphatic heterocycles. The van der Waals surface area contributed by atoms with Gasteiger partial charge in [0.2, 0.25) is 0 Å². The number of carbonyl (C=O) groups excluding carboxylic acids is 3. The minimum atomic E-state index is -0.661. The fourth-order valence-electron chi connectivity index (χ4n) is 1.08. The first-order valence-electron chi connectivity index (χ1n) is 4.24. The van der Waals surface area contributed by atoms with Gasteiger partial charge in [0, 0.05) is 18.3 Å². The second kappa shape index (κ2) is 4.41. The van der Waals surface area contributed by atoms with Gasteiger partial charge in [0.15, 0.2) is 0 Å². The highest BCUT2D eigenvalue weighted by Gasteiger charge is 2.37. The van der Waals surface area contributed by atoms with Gasteiger partial charge in [-0.05, 0) is 6.42 Å². The van der Waals surface area contributed by atoms with Gasteiger partial charge in [0.1, 0.15) is 0 Å². The summed E-state index contributed by atoms with van der Waals surface area (Å²) < 4.78 is 0. The van der Waals surface area contributed by atoms with E-state index < -0.39 is 16.3 Å². The smallest absolute Gasteiger partial charge is 0.275 e. The molecule has 0 bridgehead atoms. The molecule has 0 aliphatic carbocycles. The van der Waals surface area contributed by atoms with Crippen LogP contribution in [0.15, 0.2) is 0 Å². The average molecular weight is 201 g/mol. The van der Waals surface area contributed by atoms with Crippen LogP contribution >= 0.6 is 11.8 Å². The van der Waals surface area contributed by atoms with Gasteiger partial charge < -0.3 is 0 Å². The third-order valence-electron chi connectivity index (χ3n) is 1.81. The van der Waals surface area contributed by atoms with Gasteiger partial charge >= 0.3 is 5.91 Å². The van der Waals surface area contributed by atoms with Crippen LogP contribution in [0.4, 0.5) is 4.79 Å². The summed E-state index contributed by atoms with van der Waals surface area (Å²) in [6.45, 7) is 2.41. The Morgan fingerprint density at radius 3 is 2.38 bits per heavy atom. The minimum absolute atomic E-state index is 0.379. The number of unbranched alkanes of at least 4 members (excludes halogenated alkanes) is 2. The van der Waals surface area contributed by atoms with Gasteiger partial charge in [-0.3, -0.25) is 19.3 Å². The molecule has 4 nitrogen and oxygen atoms in total. The molecule has 1 aliphatic rings. The van der Waals surface area contributed by atoms with Crippen LogP contribution in [0.3, 0.4) is 0 Å². The van der Waals surface area contributed by atoms with Crippen molar-refractivity contribution in [1.82, 2.24) is 4.90 Å². The molecule has 1 heterocycles. The van der Waals surface area contributed by atoms with Gasteiger partial charge in [-0.1, -0.05) is 19.8 Å². The molecule has 0 aromatic rings. The summed E-state index contributed by atoms with van der Waals surface area (Å²) in [6.07, 6.45) is 2.77. The quantitative estimate of drug-likeness (QED) is 0.509. The van der Waals surface area contributed by atoms with Gasteiger partial charge in [-0.2, -0.15) is 0 Å². The molecule has 1 fully saturated rings. The topological polar surface area (TPSA) is 54.5 Å². The predicted molar refractivity (Wildman–Crippen MR) is 49.2 cm³/mol. The lowest BCUT2D eigenvalue weighted by Crippen LogP contribution is -2.30. The number of hydrogen-bond donors (Lipinski definition) is 0. The van der Waals surface area contributed by atoms with Crippen molar-refractivity contribution in [3.05, 3.63) is 0 Å². The highest BCUT2D eigenvalue weighted by molar-refractivity contribution is 8.28. The lowest BCUT2D eigenvalue weighted by Gasteiger charge is -2.10. The van der Waals surface area contributed by atoms with Crippen LogP contribution in [-0.4, -0.2) is 27.7 Å². The fourth-order valence-corrected chi connectivity index (χ4v) is 1.72. The Kier molecular flexibility index (Phi) is 3.48. The predicted octanol–water partition coefficient (Wildman–Crippen LogP) is 1.40. The van der Waals surface area contributed by atoms with Crippen LogP contribution in [0.1, 0.15) is 26.2 Å². The third-order valence-corrected chi connectivity index (χ3v) is 2.56. The second-order valence-electron chi connectivity index (χ2n) is 2.82. The number of hydrogen-bond acceptors (Lipinski definition) is 4. The van der Waals surface area contributed by atoms with Crippen molar-refractivity contribution >= 4 is 28.0 Å². The molecule has 1 saturated heterocycles. The molecule has 1 rings (SSSR count). The Labute approximate surface area is 80.7 Å². The van der Waals surface area contributed by atoms with E-state index >= 15 is 0 Å². The zero-order chi connectivity index (χ0) is 9.84. The summed E-state index contributed by atoms with van der Waals surface area (Å²) in [6, 6.07) is 0. The van der Waals surface area contributed by atoms with E-state index in [0.29, 0.717) is 18.3 Å². The Hall–Kier alpha value is -0.840. The zero-order valence-electron chi connectivity index (χ0n) is 7.41. The number of rotatable bonds is 4. The second-order valence-corrected chi connectivity index (χ2v) is 3.74. The molecule has 13 heavy (non-hydrogen) atoms. The van der Waals surface area contributed by atoms with Crippen LogP contribution in [0.5, 0.6) is 0 Å². The Morgan fingerprint density at radius 2 is 1.92 bits per heavy atom. The number of carbonyl (C=O) groups is 3. The fraction of sp³-hybridized carbons (Fsp3) is 0.625. The summed E-state index contributed by atoms with van der Waals surface area (Å²) in [5.74, 6) is -0.661. The number of thioether (sulfide) groups is 1. The maximum atomic E-state index is 11.0. The van der Waals surface area contributed by atoms with Crippen LogP contribution in [0, 0.1) is 0 Å². The van der Waals surface area contributed by atoms with Crippen molar-refractivity contribution in [2.75, 3.05) is 6.54 Å². The normalized spacial score (nSPS) is 17.3. The van der Waals surface area contributed by atoms with E-state index in [1.165, 1.54) is 0 Å². The van der Waals surface area contributed by atoms with Gasteiger partial charge in [0.25, 0.3) is 10.4 Å². The van der Waals surface area contributed by atoms with E-state index in [0.717, 1.165) is 24.2 Å². The summed E-state index contributed by atoms with van der Waals surface area (Å²) in [5, 5.41) is -1.08. The number of nitrogens with zero attached hydrogens (tertiary/aromatic N) is 1. The summed E-state index contributed by atoms with van der Waals surface area (Å²) in [4.78, 5) is 33.9. The SMILES string of the molecule is CCCCCN1C(=O)SC(=O)C1=O. The van der Waals surface area contributed by atoms with Crippen LogP contribution in [0.2, 0.25) is 0 Å². The molecule has 2 amide bonds. The molecule has 0 saturated carbocycles. The molecular weight excluding hydrogens is 190 g/mol. The van der Waals surface area contributed by atoms with Crippen molar-refractivity contribution in [3.8, 4) is 0 Å². The molecule has 0 N–H and O–H groups in total. The van der Waals surface area contributed by atoms with Crippen LogP contribution in [0.25, 0.3) is 0 Å². The van der Waals surface area contributed by atoms with E-state index in [4.69, 9.17) is 0 Å². The highest BCUT2D eigenvalue weighted by Crippen LogP contribution is 2.20.